The number of nitrogens with zero attached hydrogens (tertiary/aromatic N) is 3. The molecule has 2 saturated heterocycles. The smallest absolute Gasteiger partial charge is 0.335 e. The molecule has 4 aromatic rings. The highest BCUT2D eigenvalue weighted by molar-refractivity contribution is 6.30. The Morgan fingerprint density at radius 3 is 2.64 bits per heavy atom. The molecule has 0 aliphatic carbocycles. The van der Waals surface area contributed by atoms with Crippen LogP contribution in [0.15, 0.2) is 54.6 Å². The van der Waals surface area contributed by atoms with Crippen molar-refractivity contribution in [2.75, 3.05) is 19.7 Å². The van der Waals surface area contributed by atoms with Gasteiger partial charge in [0.1, 0.15) is 11.6 Å². The number of carboxylic acids is 1. The Balaban J connectivity index is 1.08. The molecule has 3 aliphatic rings. The van der Waals surface area contributed by atoms with Crippen molar-refractivity contribution in [1.29, 1.82) is 0 Å². The fraction of sp³-hybridized carbons (Fsp3) is 0.375. The number of aromatic carboxylic acids is 1. The Morgan fingerprint density at radius 2 is 1.93 bits per heavy atom. The summed E-state index contributed by atoms with van der Waals surface area (Å²) in [4.78, 5) is 18.9. The number of benzene rings is 3. The molecule has 218 valence electrons. The van der Waals surface area contributed by atoms with Gasteiger partial charge in [0.15, 0.2) is 11.5 Å². The normalized spacial score (nSPS) is 22.4. The summed E-state index contributed by atoms with van der Waals surface area (Å²) in [5, 5.41) is 9.85. The van der Waals surface area contributed by atoms with E-state index < -0.39 is 17.6 Å². The molecule has 0 unspecified atom stereocenters. The van der Waals surface area contributed by atoms with Crippen molar-refractivity contribution in [3.05, 3.63) is 88.0 Å². The highest BCUT2D eigenvalue weighted by Crippen LogP contribution is 2.49. The molecule has 0 radical (unpaired) electrons. The van der Waals surface area contributed by atoms with Crippen LogP contribution >= 0.6 is 11.6 Å². The SMILES string of the molecule is C[C@]1(c2ccc(Cl)cc2F)Oc2cccc(C3CCN(Cc4nc5ccc(C(=O)O)cc5n4C[C@@H]4CCO4)CC3)c2O1. The van der Waals surface area contributed by atoms with Crippen molar-refractivity contribution in [2.24, 2.45) is 0 Å². The van der Waals surface area contributed by atoms with Crippen molar-refractivity contribution in [1.82, 2.24) is 14.5 Å². The number of rotatable bonds is 7. The summed E-state index contributed by atoms with van der Waals surface area (Å²) in [6, 6.07) is 15.5. The van der Waals surface area contributed by atoms with Gasteiger partial charge in [0.2, 0.25) is 0 Å². The fourth-order valence-corrected chi connectivity index (χ4v) is 6.46. The van der Waals surface area contributed by atoms with Crippen LogP contribution in [-0.4, -0.2) is 51.3 Å². The maximum atomic E-state index is 14.8. The molecule has 0 bridgehead atoms. The molecule has 42 heavy (non-hydrogen) atoms. The van der Waals surface area contributed by atoms with Crippen LogP contribution in [0.2, 0.25) is 5.02 Å². The standard InChI is InChI=1S/C32H31ClFN3O5/c1-32(24-7-6-21(33)16-25(24)34)41-28-4-2-3-23(30(28)42-32)19-9-12-36(13-10-19)18-29-35-26-8-5-20(31(38)39)15-27(26)37(29)17-22-11-14-40-22/h2-8,15-16,19,22H,9-14,17-18H2,1H3,(H,38,39)/t22-,32-/m0/s1. The van der Waals surface area contributed by atoms with Gasteiger partial charge in [0.05, 0.1) is 41.4 Å². The van der Waals surface area contributed by atoms with E-state index in [4.69, 9.17) is 30.8 Å². The lowest BCUT2D eigenvalue weighted by molar-refractivity contribution is -0.0712. The first-order chi connectivity index (χ1) is 20.3. The van der Waals surface area contributed by atoms with Crippen LogP contribution < -0.4 is 9.47 Å². The van der Waals surface area contributed by atoms with E-state index in [2.05, 4.69) is 15.5 Å². The zero-order valence-electron chi connectivity index (χ0n) is 23.2. The van der Waals surface area contributed by atoms with E-state index in [0.29, 0.717) is 35.2 Å². The Bertz CT molecular complexity index is 1680. The van der Waals surface area contributed by atoms with Gasteiger partial charge in [0.25, 0.3) is 5.79 Å². The molecule has 4 heterocycles. The van der Waals surface area contributed by atoms with Crippen molar-refractivity contribution in [3.8, 4) is 11.5 Å². The zero-order valence-corrected chi connectivity index (χ0v) is 23.9. The summed E-state index contributed by atoms with van der Waals surface area (Å²) in [7, 11) is 0. The zero-order chi connectivity index (χ0) is 29.0. The molecule has 10 heteroatoms. The second kappa shape index (κ2) is 10.6. The van der Waals surface area contributed by atoms with E-state index in [1.54, 1.807) is 37.3 Å². The summed E-state index contributed by atoms with van der Waals surface area (Å²) in [6.07, 6.45) is 2.94. The van der Waals surface area contributed by atoms with Crippen molar-refractivity contribution >= 4 is 28.6 Å². The van der Waals surface area contributed by atoms with Gasteiger partial charge in [-0.25, -0.2) is 14.2 Å². The first kappa shape index (κ1) is 27.2. The molecule has 1 N–H and O–H groups in total. The number of ether oxygens (including phenoxy) is 3. The molecule has 8 nitrogen and oxygen atoms in total. The topological polar surface area (TPSA) is 86.1 Å². The number of likely N-dealkylation sites (tertiary alicyclic amines) is 1. The number of imidazole rings is 1. The second-order valence-electron chi connectivity index (χ2n) is 11.4. The monoisotopic (exact) mass is 591 g/mol. The van der Waals surface area contributed by atoms with Crippen LogP contribution in [0.5, 0.6) is 11.5 Å². The Hall–Kier alpha value is -3.66. The Morgan fingerprint density at radius 1 is 1.12 bits per heavy atom. The number of para-hydroxylation sites is 1. The van der Waals surface area contributed by atoms with Crippen LogP contribution in [0.3, 0.4) is 0 Å². The number of hydrogen-bond donors (Lipinski definition) is 1. The van der Waals surface area contributed by atoms with Gasteiger partial charge >= 0.3 is 5.97 Å². The second-order valence-corrected chi connectivity index (χ2v) is 11.9. The molecule has 0 spiro atoms. The lowest BCUT2D eigenvalue weighted by atomic mass is 9.88. The predicted molar refractivity (Wildman–Crippen MR) is 155 cm³/mol. The largest absolute Gasteiger partial charge is 0.478 e. The van der Waals surface area contributed by atoms with E-state index in [1.165, 1.54) is 6.07 Å². The lowest BCUT2D eigenvalue weighted by Gasteiger charge is -2.33. The van der Waals surface area contributed by atoms with Gasteiger partial charge in [-0.1, -0.05) is 23.7 Å². The molecule has 2 atom stereocenters. The first-order valence-corrected chi connectivity index (χ1v) is 14.7. The van der Waals surface area contributed by atoms with Crippen molar-refractivity contribution < 1.29 is 28.5 Å². The average Bonchev–Trinajstić information content (AvgIpc) is 3.47. The number of carboxylic acid groups (broad SMARTS) is 1. The van der Waals surface area contributed by atoms with E-state index in [9.17, 15) is 14.3 Å². The van der Waals surface area contributed by atoms with Crippen LogP contribution in [-0.2, 0) is 23.6 Å². The summed E-state index contributed by atoms with van der Waals surface area (Å²) in [5.41, 5.74) is 3.24. The van der Waals surface area contributed by atoms with Crippen molar-refractivity contribution in [3.63, 3.8) is 0 Å². The van der Waals surface area contributed by atoms with Crippen LogP contribution in [0.25, 0.3) is 11.0 Å². The predicted octanol–water partition coefficient (Wildman–Crippen LogP) is 6.34. The quantitative estimate of drug-likeness (QED) is 0.268. The number of aromatic nitrogens is 2. The number of piperidine rings is 1. The summed E-state index contributed by atoms with van der Waals surface area (Å²) in [6.45, 7) is 5.53. The maximum Gasteiger partial charge on any atom is 0.335 e. The number of fused-ring (bicyclic) bond motifs is 2. The minimum atomic E-state index is -1.28. The minimum absolute atomic E-state index is 0.120. The van der Waals surface area contributed by atoms with Gasteiger partial charge in [-0.15, -0.1) is 0 Å². The molecule has 3 aliphatic heterocycles. The van der Waals surface area contributed by atoms with Crippen LogP contribution in [0, 0.1) is 5.82 Å². The molecule has 7 rings (SSSR count). The third-order valence-corrected chi connectivity index (χ3v) is 8.91. The molecule has 1 aromatic heterocycles. The van der Waals surface area contributed by atoms with E-state index >= 15 is 0 Å². The number of halogens is 2. The maximum absolute atomic E-state index is 14.8. The Kier molecular flexibility index (Phi) is 6.84. The first-order valence-electron chi connectivity index (χ1n) is 14.3. The summed E-state index contributed by atoms with van der Waals surface area (Å²) < 4.78 is 35.2. The lowest BCUT2D eigenvalue weighted by Crippen LogP contribution is -2.35. The third kappa shape index (κ3) is 4.89. The summed E-state index contributed by atoms with van der Waals surface area (Å²) in [5.74, 6) is -0.242. The van der Waals surface area contributed by atoms with Crippen molar-refractivity contribution in [2.45, 2.75) is 57.1 Å². The minimum Gasteiger partial charge on any atom is -0.478 e. The Labute approximate surface area is 247 Å². The van der Waals surface area contributed by atoms with Gasteiger partial charge in [-0.2, -0.15) is 0 Å². The van der Waals surface area contributed by atoms with E-state index in [0.717, 1.165) is 61.4 Å². The number of carbonyl (C=O) groups is 1. The summed E-state index contributed by atoms with van der Waals surface area (Å²) >= 11 is 5.97. The van der Waals surface area contributed by atoms with Crippen LogP contribution in [0.1, 0.15) is 59.4 Å². The van der Waals surface area contributed by atoms with E-state index in [1.807, 2.05) is 12.1 Å². The van der Waals surface area contributed by atoms with Gasteiger partial charge < -0.3 is 23.9 Å². The highest BCUT2D eigenvalue weighted by atomic mass is 35.5. The van der Waals surface area contributed by atoms with Gasteiger partial charge in [-0.05, 0) is 80.7 Å². The molecule has 2 fully saturated rings. The van der Waals surface area contributed by atoms with Gasteiger partial charge in [0, 0.05) is 24.1 Å². The molecule has 3 aromatic carbocycles. The molecule has 0 amide bonds. The fourth-order valence-electron chi connectivity index (χ4n) is 6.30. The molecular weight excluding hydrogens is 561 g/mol. The average molecular weight is 592 g/mol. The van der Waals surface area contributed by atoms with Crippen LogP contribution in [0.4, 0.5) is 4.39 Å². The number of hydrogen-bond acceptors (Lipinski definition) is 6. The third-order valence-electron chi connectivity index (χ3n) is 8.68. The molecular formula is C32H31ClFN3O5. The van der Waals surface area contributed by atoms with E-state index in [-0.39, 0.29) is 17.6 Å². The highest BCUT2D eigenvalue weighted by Gasteiger charge is 2.43. The van der Waals surface area contributed by atoms with Gasteiger partial charge in [-0.3, -0.25) is 4.90 Å². The molecule has 0 saturated carbocycles.